The Morgan fingerprint density at radius 3 is 2.67 bits per heavy atom. The average molecular weight is 425 g/mol. The number of ether oxygens (including phenoxy) is 1. The Labute approximate surface area is 169 Å². The Hall–Kier alpha value is -2.03. The predicted molar refractivity (Wildman–Crippen MR) is 108 cm³/mol. The van der Waals surface area contributed by atoms with Crippen molar-refractivity contribution < 1.29 is 19.1 Å². The molecule has 3 rings (SSSR count). The van der Waals surface area contributed by atoms with Gasteiger partial charge in [-0.2, -0.15) is 0 Å². The summed E-state index contributed by atoms with van der Waals surface area (Å²) < 4.78 is 5.10. The highest BCUT2D eigenvalue weighted by Crippen LogP contribution is 2.36. The first kappa shape index (κ1) is 19.7. The number of halogens is 1. The van der Waals surface area contributed by atoms with E-state index in [2.05, 4.69) is 5.32 Å². The van der Waals surface area contributed by atoms with Crippen LogP contribution in [-0.2, 0) is 14.3 Å². The highest BCUT2D eigenvalue weighted by Gasteiger charge is 2.25. The molecule has 0 radical (unpaired) electrons. The zero-order valence-electron chi connectivity index (χ0n) is 14.5. The smallest absolute Gasteiger partial charge is 0.350 e. The van der Waals surface area contributed by atoms with Gasteiger partial charge in [0.2, 0.25) is 11.8 Å². The Kier molecular flexibility index (Phi) is 6.41. The fourth-order valence-electron chi connectivity index (χ4n) is 2.49. The molecule has 6 nitrogen and oxygen atoms in total. The summed E-state index contributed by atoms with van der Waals surface area (Å²) in [5, 5.41) is 3.35. The lowest BCUT2D eigenvalue weighted by molar-refractivity contribution is -0.130. The summed E-state index contributed by atoms with van der Waals surface area (Å²) in [6, 6.07) is 8.94. The number of thioether (sulfide) groups is 1. The first-order valence-electron chi connectivity index (χ1n) is 8.20. The summed E-state index contributed by atoms with van der Waals surface area (Å²) in [4.78, 5) is 38.9. The Morgan fingerprint density at radius 1 is 1.30 bits per heavy atom. The van der Waals surface area contributed by atoms with Gasteiger partial charge in [0.25, 0.3) is 0 Å². The van der Waals surface area contributed by atoms with Crippen LogP contribution in [0.4, 0.5) is 5.69 Å². The van der Waals surface area contributed by atoms with Crippen LogP contribution in [0.5, 0.6) is 0 Å². The lowest BCUT2D eigenvalue weighted by Gasteiger charge is -2.14. The van der Waals surface area contributed by atoms with Gasteiger partial charge < -0.3 is 15.0 Å². The van der Waals surface area contributed by atoms with Crippen molar-refractivity contribution in [2.75, 3.05) is 30.1 Å². The van der Waals surface area contributed by atoms with Gasteiger partial charge in [-0.05, 0) is 30.7 Å². The number of nitrogens with one attached hydrogen (secondary N) is 1. The van der Waals surface area contributed by atoms with Crippen molar-refractivity contribution in [2.45, 2.75) is 6.92 Å². The Bertz CT molecular complexity index is 867. The third kappa shape index (κ3) is 4.82. The van der Waals surface area contributed by atoms with Crippen molar-refractivity contribution in [2.24, 2.45) is 0 Å². The molecule has 1 N–H and O–H groups in total. The van der Waals surface area contributed by atoms with Crippen LogP contribution in [0.1, 0.15) is 16.6 Å². The molecule has 27 heavy (non-hydrogen) atoms. The number of hydrogen-bond acceptors (Lipinski definition) is 6. The minimum absolute atomic E-state index is 0.0414. The van der Waals surface area contributed by atoms with Crippen LogP contribution in [0.2, 0.25) is 5.02 Å². The molecule has 0 aliphatic carbocycles. The molecule has 1 aromatic carbocycles. The van der Waals surface area contributed by atoms with Crippen molar-refractivity contribution >= 4 is 58.2 Å². The zero-order valence-corrected chi connectivity index (χ0v) is 16.9. The van der Waals surface area contributed by atoms with E-state index < -0.39 is 5.97 Å². The van der Waals surface area contributed by atoms with E-state index in [9.17, 15) is 14.4 Å². The van der Waals surface area contributed by atoms with E-state index >= 15 is 0 Å². The van der Waals surface area contributed by atoms with E-state index in [1.807, 2.05) is 12.1 Å². The number of amides is 2. The maximum atomic E-state index is 12.4. The summed E-state index contributed by atoms with van der Waals surface area (Å²) >= 11 is 8.63. The number of benzene rings is 1. The SMILES string of the molecule is CCOC(=O)c1sc(-c2ccc(Cl)cc2)cc1NC(=O)CN1CSCC1=O. The lowest BCUT2D eigenvalue weighted by Crippen LogP contribution is -2.34. The van der Waals surface area contributed by atoms with Gasteiger partial charge in [-0.3, -0.25) is 9.59 Å². The van der Waals surface area contributed by atoms with Crippen LogP contribution in [0.15, 0.2) is 30.3 Å². The van der Waals surface area contributed by atoms with Crippen LogP contribution in [-0.4, -0.2) is 47.5 Å². The molecular formula is C18H17ClN2O4S2. The number of nitrogens with zero attached hydrogens (tertiary/aromatic N) is 1. The quantitative estimate of drug-likeness (QED) is 0.715. The van der Waals surface area contributed by atoms with E-state index in [0.717, 1.165) is 10.4 Å². The fourth-order valence-corrected chi connectivity index (χ4v) is 4.53. The maximum Gasteiger partial charge on any atom is 0.350 e. The molecular weight excluding hydrogens is 408 g/mol. The minimum Gasteiger partial charge on any atom is -0.462 e. The molecule has 9 heteroatoms. The van der Waals surface area contributed by atoms with Gasteiger partial charge in [0.1, 0.15) is 11.4 Å². The topological polar surface area (TPSA) is 75.7 Å². The van der Waals surface area contributed by atoms with E-state index in [-0.39, 0.29) is 25.0 Å². The van der Waals surface area contributed by atoms with Crippen LogP contribution < -0.4 is 5.32 Å². The Morgan fingerprint density at radius 2 is 2.04 bits per heavy atom. The molecule has 1 aliphatic heterocycles. The van der Waals surface area contributed by atoms with Gasteiger partial charge in [-0.25, -0.2) is 4.79 Å². The van der Waals surface area contributed by atoms with E-state index in [1.165, 1.54) is 28.0 Å². The normalized spacial score (nSPS) is 13.7. The second kappa shape index (κ2) is 8.77. The molecule has 0 unspecified atom stereocenters. The largest absolute Gasteiger partial charge is 0.462 e. The van der Waals surface area contributed by atoms with Crippen LogP contribution in [0.25, 0.3) is 10.4 Å². The third-order valence-corrected chi connectivity index (χ3v) is 6.12. The second-order valence-electron chi connectivity index (χ2n) is 5.70. The third-order valence-electron chi connectivity index (χ3n) is 3.76. The molecule has 1 aliphatic rings. The highest BCUT2D eigenvalue weighted by molar-refractivity contribution is 8.00. The molecule has 0 bridgehead atoms. The van der Waals surface area contributed by atoms with Crippen LogP contribution >= 0.6 is 34.7 Å². The number of esters is 1. The van der Waals surface area contributed by atoms with Gasteiger partial charge >= 0.3 is 5.97 Å². The van der Waals surface area contributed by atoms with Crippen molar-refractivity contribution in [3.05, 3.63) is 40.2 Å². The average Bonchev–Trinajstić information content (AvgIpc) is 3.22. The lowest BCUT2D eigenvalue weighted by atomic mass is 10.2. The fraction of sp³-hybridized carbons (Fsp3) is 0.278. The van der Waals surface area contributed by atoms with Crippen molar-refractivity contribution in [1.82, 2.24) is 4.90 Å². The molecule has 0 saturated carbocycles. The molecule has 1 fully saturated rings. The van der Waals surface area contributed by atoms with E-state index in [1.54, 1.807) is 25.1 Å². The van der Waals surface area contributed by atoms with E-state index in [4.69, 9.17) is 16.3 Å². The molecule has 2 heterocycles. The predicted octanol–water partition coefficient (Wildman–Crippen LogP) is 3.72. The summed E-state index contributed by atoms with van der Waals surface area (Å²) in [5.41, 5.74) is 1.26. The monoisotopic (exact) mass is 424 g/mol. The number of carbonyl (C=O) groups excluding carboxylic acids is 3. The van der Waals surface area contributed by atoms with Crippen molar-refractivity contribution in [3.8, 4) is 10.4 Å². The maximum absolute atomic E-state index is 12.4. The van der Waals surface area contributed by atoms with Crippen molar-refractivity contribution in [3.63, 3.8) is 0 Å². The second-order valence-corrected chi connectivity index (χ2v) is 8.14. The highest BCUT2D eigenvalue weighted by atomic mass is 35.5. The summed E-state index contributed by atoms with van der Waals surface area (Å²) in [7, 11) is 0. The van der Waals surface area contributed by atoms with Gasteiger partial charge in [0.05, 0.1) is 23.9 Å². The number of carbonyl (C=O) groups is 3. The molecule has 2 amide bonds. The molecule has 2 aromatic rings. The minimum atomic E-state index is -0.495. The van der Waals surface area contributed by atoms with Crippen LogP contribution in [0, 0.1) is 0 Å². The molecule has 1 saturated heterocycles. The van der Waals surface area contributed by atoms with Gasteiger partial charge in [-0.15, -0.1) is 23.1 Å². The summed E-state index contributed by atoms with van der Waals surface area (Å²) in [5.74, 6) is -0.0208. The van der Waals surface area contributed by atoms with Gasteiger partial charge in [0, 0.05) is 9.90 Å². The van der Waals surface area contributed by atoms with Crippen LogP contribution in [0.3, 0.4) is 0 Å². The molecule has 0 spiro atoms. The van der Waals surface area contributed by atoms with E-state index in [0.29, 0.717) is 27.2 Å². The first-order valence-corrected chi connectivity index (χ1v) is 10.5. The number of rotatable bonds is 6. The Balaban J connectivity index is 1.83. The number of thiophene rings is 1. The van der Waals surface area contributed by atoms with Gasteiger partial charge in [-0.1, -0.05) is 23.7 Å². The summed E-state index contributed by atoms with van der Waals surface area (Å²) in [6.07, 6.45) is 0. The van der Waals surface area contributed by atoms with Crippen molar-refractivity contribution in [1.29, 1.82) is 0 Å². The molecule has 142 valence electrons. The molecule has 1 aromatic heterocycles. The zero-order chi connectivity index (χ0) is 19.4. The number of hydrogen-bond donors (Lipinski definition) is 1. The number of anilines is 1. The standard InChI is InChI=1S/C18H17ClN2O4S2/c1-2-25-18(24)17-13(20-15(22)8-21-10-26-9-16(21)23)7-14(27-17)11-3-5-12(19)6-4-11/h3-7H,2,8-10H2,1H3,(H,20,22). The van der Waals surface area contributed by atoms with Gasteiger partial charge in [0.15, 0.2) is 0 Å². The first-order chi connectivity index (χ1) is 13.0. The molecule has 0 atom stereocenters. The summed E-state index contributed by atoms with van der Waals surface area (Å²) in [6.45, 7) is 1.92.